The molecule has 3 rings (SSSR count). The molecular formula is C25H24N2O5. The molecule has 0 saturated carbocycles. The van der Waals surface area contributed by atoms with E-state index in [9.17, 15) is 19.7 Å². The summed E-state index contributed by atoms with van der Waals surface area (Å²) in [5, 5.41) is 13.8. The molecule has 7 heteroatoms. The summed E-state index contributed by atoms with van der Waals surface area (Å²) >= 11 is 0. The van der Waals surface area contributed by atoms with E-state index < -0.39 is 22.4 Å². The maximum absolute atomic E-state index is 13.0. The van der Waals surface area contributed by atoms with Crippen molar-refractivity contribution in [2.24, 2.45) is 0 Å². The fourth-order valence-electron chi connectivity index (χ4n) is 3.17. The van der Waals surface area contributed by atoms with Gasteiger partial charge in [0.05, 0.1) is 16.2 Å². The second-order valence-electron chi connectivity index (χ2n) is 8.34. The molecule has 32 heavy (non-hydrogen) atoms. The minimum absolute atomic E-state index is 0.0976. The van der Waals surface area contributed by atoms with Crippen molar-refractivity contribution in [3.8, 4) is 11.1 Å². The van der Waals surface area contributed by atoms with Crippen molar-refractivity contribution in [1.82, 2.24) is 0 Å². The van der Waals surface area contributed by atoms with Crippen LogP contribution in [0.1, 0.15) is 47.1 Å². The summed E-state index contributed by atoms with van der Waals surface area (Å²) in [6.45, 7) is 6.92. The number of rotatable bonds is 5. The molecule has 0 aliphatic heterocycles. The number of ether oxygens (including phenoxy) is 1. The number of hydrogen-bond donors (Lipinski definition) is 1. The molecule has 0 aliphatic carbocycles. The van der Waals surface area contributed by atoms with Gasteiger partial charge < -0.3 is 10.1 Å². The lowest BCUT2D eigenvalue weighted by Crippen LogP contribution is -2.25. The largest absolute Gasteiger partial charge is 0.456 e. The number of benzene rings is 3. The molecule has 0 aliphatic rings. The van der Waals surface area contributed by atoms with Crippen molar-refractivity contribution < 1.29 is 19.2 Å². The van der Waals surface area contributed by atoms with E-state index in [1.54, 1.807) is 45.9 Å². The van der Waals surface area contributed by atoms with Gasteiger partial charge in [-0.15, -0.1) is 0 Å². The zero-order valence-corrected chi connectivity index (χ0v) is 18.3. The van der Waals surface area contributed by atoms with E-state index in [1.165, 1.54) is 18.2 Å². The number of nitrogens with zero attached hydrogens (tertiary/aromatic N) is 1. The Balaban J connectivity index is 2.01. The number of nitro benzene ring substituents is 1. The van der Waals surface area contributed by atoms with Crippen LogP contribution in [-0.2, 0) is 4.74 Å². The fraction of sp³-hybridized carbons (Fsp3) is 0.200. The van der Waals surface area contributed by atoms with Gasteiger partial charge in [-0.2, -0.15) is 0 Å². The Morgan fingerprint density at radius 3 is 2.16 bits per heavy atom. The van der Waals surface area contributed by atoms with Gasteiger partial charge in [0.2, 0.25) is 0 Å². The van der Waals surface area contributed by atoms with Crippen molar-refractivity contribution >= 4 is 23.3 Å². The standard InChI is InChI=1S/C25H24N2O5/c1-16-14-19(27(30)31)11-13-20(16)23(28)26-22-15-18(17-8-6-5-7-9-17)10-12-21(22)24(29)32-25(2,3)4/h5-15H,1-4H3,(H,26,28). The number of nitro groups is 1. The van der Waals surface area contributed by atoms with Crippen molar-refractivity contribution in [3.05, 3.63) is 93.5 Å². The SMILES string of the molecule is Cc1cc([N+](=O)[O-])ccc1C(=O)Nc1cc(-c2ccccc2)ccc1C(=O)OC(C)(C)C. The van der Waals surface area contributed by atoms with Gasteiger partial charge in [0.25, 0.3) is 11.6 Å². The zero-order valence-electron chi connectivity index (χ0n) is 18.3. The van der Waals surface area contributed by atoms with Gasteiger partial charge >= 0.3 is 5.97 Å². The fourth-order valence-corrected chi connectivity index (χ4v) is 3.17. The summed E-state index contributed by atoms with van der Waals surface area (Å²) in [4.78, 5) is 36.2. The van der Waals surface area contributed by atoms with Crippen molar-refractivity contribution in [1.29, 1.82) is 0 Å². The number of carbonyl (C=O) groups is 2. The number of anilines is 1. The molecule has 0 radical (unpaired) electrons. The van der Waals surface area contributed by atoms with Crippen molar-refractivity contribution in [3.63, 3.8) is 0 Å². The Morgan fingerprint density at radius 2 is 1.56 bits per heavy atom. The average Bonchev–Trinajstić information content (AvgIpc) is 2.72. The molecule has 0 atom stereocenters. The lowest BCUT2D eigenvalue weighted by Gasteiger charge is -2.21. The van der Waals surface area contributed by atoms with E-state index >= 15 is 0 Å². The highest BCUT2D eigenvalue weighted by Crippen LogP contribution is 2.28. The summed E-state index contributed by atoms with van der Waals surface area (Å²) in [6, 6.07) is 18.7. The van der Waals surface area contributed by atoms with Crippen LogP contribution in [-0.4, -0.2) is 22.4 Å². The Hall–Kier alpha value is -4.00. The molecule has 7 nitrogen and oxygen atoms in total. The monoisotopic (exact) mass is 432 g/mol. The summed E-state index contributed by atoms with van der Waals surface area (Å²) in [5.41, 5.74) is 2.17. The first-order valence-corrected chi connectivity index (χ1v) is 10.0. The van der Waals surface area contributed by atoms with E-state index in [0.717, 1.165) is 11.1 Å². The van der Waals surface area contributed by atoms with E-state index in [2.05, 4.69) is 5.32 Å². The second kappa shape index (κ2) is 9.01. The maximum Gasteiger partial charge on any atom is 0.340 e. The van der Waals surface area contributed by atoms with Crippen LogP contribution < -0.4 is 5.32 Å². The van der Waals surface area contributed by atoms with Crippen molar-refractivity contribution in [2.45, 2.75) is 33.3 Å². The number of carbonyl (C=O) groups excluding carboxylic acids is 2. The van der Waals surface area contributed by atoms with Crippen LogP contribution in [0.25, 0.3) is 11.1 Å². The van der Waals surface area contributed by atoms with E-state index in [-0.39, 0.29) is 16.8 Å². The van der Waals surface area contributed by atoms with Crippen LogP contribution in [0.5, 0.6) is 0 Å². The minimum atomic E-state index is -0.703. The number of nitrogens with one attached hydrogen (secondary N) is 1. The third-order valence-corrected chi connectivity index (χ3v) is 4.66. The highest BCUT2D eigenvalue weighted by atomic mass is 16.6. The quantitative estimate of drug-likeness (QED) is 0.313. The second-order valence-corrected chi connectivity index (χ2v) is 8.34. The van der Waals surface area contributed by atoms with Crippen LogP contribution in [0.2, 0.25) is 0 Å². The number of esters is 1. The minimum Gasteiger partial charge on any atom is -0.456 e. The van der Waals surface area contributed by atoms with Gasteiger partial charge in [0, 0.05) is 17.7 Å². The van der Waals surface area contributed by atoms with E-state index in [4.69, 9.17) is 4.74 Å². The van der Waals surface area contributed by atoms with E-state index in [0.29, 0.717) is 11.3 Å². The lowest BCUT2D eigenvalue weighted by molar-refractivity contribution is -0.384. The highest BCUT2D eigenvalue weighted by Gasteiger charge is 2.23. The first-order valence-electron chi connectivity index (χ1n) is 10.0. The molecule has 3 aromatic rings. The molecular weight excluding hydrogens is 408 g/mol. The first kappa shape index (κ1) is 22.7. The molecule has 1 amide bonds. The Labute approximate surface area is 186 Å². The number of amides is 1. The third kappa shape index (κ3) is 5.37. The Bertz CT molecular complexity index is 1180. The van der Waals surface area contributed by atoms with Crippen LogP contribution in [0, 0.1) is 17.0 Å². The van der Waals surface area contributed by atoms with Crippen LogP contribution in [0.3, 0.4) is 0 Å². The molecule has 0 spiro atoms. The first-order chi connectivity index (χ1) is 15.0. The van der Waals surface area contributed by atoms with Crippen LogP contribution >= 0.6 is 0 Å². The van der Waals surface area contributed by atoms with E-state index in [1.807, 2.05) is 30.3 Å². The van der Waals surface area contributed by atoms with Crippen LogP contribution in [0.15, 0.2) is 66.7 Å². The lowest BCUT2D eigenvalue weighted by atomic mass is 10.0. The smallest absolute Gasteiger partial charge is 0.340 e. The average molecular weight is 432 g/mol. The molecule has 3 aromatic carbocycles. The molecule has 0 unspecified atom stereocenters. The molecule has 0 aromatic heterocycles. The summed E-state index contributed by atoms with van der Waals surface area (Å²) in [7, 11) is 0. The highest BCUT2D eigenvalue weighted by molar-refractivity contribution is 6.09. The molecule has 0 saturated heterocycles. The van der Waals surface area contributed by atoms with Gasteiger partial charge in [-0.05, 0) is 62.6 Å². The number of hydrogen-bond acceptors (Lipinski definition) is 5. The molecule has 0 heterocycles. The number of non-ortho nitro benzene ring substituents is 1. The van der Waals surface area contributed by atoms with Crippen LogP contribution in [0.4, 0.5) is 11.4 Å². The van der Waals surface area contributed by atoms with Gasteiger partial charge in [-0.25, -0.2) is 4.79 Å². The van der Waals surface area contributed by atoms with Gasteiger partial charge in [0.1, 0.15) is 5.60 Å². The summed E-state index contributed by atoms with van der Waals surface area (Å²) in [5.74, 6) is -1.04. The maximum atomic E-state index is 13.0. The normalized spacial score (nSPS) is 11.0. The summed E-state index contributed by atoms with van der Waals surface area (Å²) < 4.78 is 5.50. The molecule has 0 fully saturated rings. The van der Waals surface area contributed by atoms with Gasteiger partial charge in [0.15, 0.2) is 0 Å². The van der Waals surface area contributed by atoms with Crippen molar-refractivity contribution in [2.75, 3.05) is 5.32 Å². The molecule has 0 bridgehead atoms. The Morgan fingerprint density at radius 1 is 0.906 bits per heavy atom. The molecule has 1 N–H and O–H groups in total. The number of aryl methyl sites for hydroxylation is 1. The Kier molecular flexibility index (Phi) is 6.39. The third-order valence-electron chi connectivity index (χ3n) is 4.66. The predicted octanol–water partition coefficient (Wildman–Crippen LogP) is 5.78. The molecule has 164 valence electrons. The van der Waals surface area contributed by atoms with Gasteiger partial charge in [-0.1, -0.05) is 36.4 Å². The topological polar surface area (TPSA) is 98.5 Å². The summed E-state index contributed by atoms with van der Waals surface area (Å²) in [6.07, 6.45) is 0. The predicted molar refractivity (Wildman–Crippen MR) is 123 cm³/mol. The van der Waals surface area contributed by atoms with Gasteiger partial charge in [-0.3, -0.25) is 14.9 Å². The zero-order chi connectivity index (χ0) is 23.5.